The smallest absolute Gasteiger partial charge is 0.338 e. The number of rotatable bonds is 8. The lowest BCUT2D eigenvalue weighted by Gasteiger charge is -2.12. The second-order valence-electron chi connectivity index (χ2n) is 4.08. The van der Waals surface area contributed by atoms with Crippen LogP contribution in [-0.2, 0) is 4.74 Å². The molecule has 0 radical (unpaired) electrons. The molecule has 0 unspecified atom stereocenters. The van der Waals surface area contributed by atoms with E-state index in [-0.39, 0.29) is 5.97 Å². The van der Waals surface area contributed by atoms with Crippen LogP contribution in [0, 0.1) is 0 Å². The van der Waals surface area contributed by atoms with Gasteiger partial charge in [-0.1, -0.05) is 13.8 Å². The third kappa shape index (κ3) is 4.81. The molecule has 0 amide bonds. The van der Waals surface area contributed by atoms with Gasteiger partial charge < -0.3 is 14.2 Å². The average molecular weight is 266 g/mol. The monoisotopic (exact) mass is 266 g/mol. The summed E-state index contributed by atoms with van der Waals surface area (Å²) in [5.74, 6) is 0.919. The van der Waals surface area contributed by atoms with Gasteiger partial charge in [0.05, 0.1) is 25.4 Å². The lowest BCUT2D eigenvalue weighted by atomic mass is 10.2. The van der Waals surface area contributed by atoms with Crippen molar-refractivity contribution in [2.45, 2.75) is 33.6 Å². The van der Waals surface area contributed by atoms with Gasteiger partial charge in [0.15, 0.2) is 11.5 Å². The molecule has 4 nitrogen and oxygen atoms in total. The van der Waals surface area contributed by atoms with E-state index in [1.165, 1.54) is 0 Å². The van der Waals surface area contributed by atoms with Crippen LogP contribution in [0.15, 0.2) is 18.2 Å². The first kappa shape index (κ1) is 15.3. The van der Waals surface area contributed by atoms with Gasteiger partial charge in [0.1, 0.15) is 0 Å². The highest BCUT2D eigenvalue weighted by molar-refractivity contribution is 5.90. The summed E-state index contributed by atoms with van der Waals surface area (Å²) < 4.78 is 16.2. The van der Waals surface area contributed by atoms with Crippen LogP contribution in [0.3, 0.4) is 0 Å². The zero-order valence-electron chi connectivity index (χ0n) is 11.9. The van der Waals surface area contributed by atoms with Gasteiger partial charge >= 0.3 is 5.97 Å². The van der Waals surface area contributed by atoms with Gasteiger partial charge in [-0.2, -0.15) is 0 Å². The molecule has 0 spiro atoms. The summed E-state index contributed by atoms with van der Waals surface area (Å²) in [6.07, 6.45) is 1.73. The van der Waals surface area contributed by atoms with Crippen molar-refractivity contribution in [3.8, 4) is 11.5 Å². The number of hydrogen-bond acceptors (Lipinski definition) is 4. The topological polar surface area (TPSA) is 44.8 Å². The molecule has 4 heteroatoms. The summed E-state index contributed by atoms with van der Waals surface area (Å²) in [5, 5.41) is 0. The van der Waals surface area contributed by atoms with Crippen molar-refractivity contribution in [2.75, 3.05) is 19.8 Å². The number of esters is 1. The fourth-order valence-corrected chi connectivity index (χ4v) is 1.51. The number of carbonyl (C=O) groups is 1. The second-order valence-corrected chi connectivity index (χ2v) is 4.08. The molecule has 0 aromatic heterocycles. The van der Waals surface area contributed by atoms with Gasteiger partial charge in [0, 0.05) is 0 Å². The molecule has 0 aliphatic heterocycles. The van der Waals surface area contributed by atoms with Gasteiger partial charge in [-0.15, -0.1) is 0 Å². The predicted molar refractivity (Wildman–Crippen MR) is 74.0 cm³/mol. The van der Waals surface area contributed by atoms with Gasteiger partial charge in [0.2, 0.25) is 0 Å². The number of hydrogen-bond donors (Lipinski definition) is 0. The number of ether oxygens (including phenoxy) is 3. The molecule has 0 saturated heterocycles. The van der Waals surface area contributed by atoms with Gasteiger partial charge in [0.25, 0.3) is 0 Å². The van der Waals surface area contributed by atoms with E-state index >= 15 is 0 Å². The first-order valence-corrected chi connectivity index (χ1v) is 6.79. The highest BCUT2D eigenvalue weighted by Gasteiger charge is 2.12. The van der Waals surface area contributed by atoms with E-state index in [9.17, 15) is 4.79 Å². The van der Waals surface area contributed by atoms with Gasteiger partial charge in [-0.05, 0) is 38.0 Å². The SMILES string of the molecule is CCCOC(=O)c1ccc(OCCC)c(OCC)c1. The summed E-state index contributed by atoms with van der Waals surface area (Å²) in [6.45, 7) is 7.47. The normalized spacial score (nSPS) is 10.1. The standard InChI is InChI=1S/C15H22O4/c1-4-9-18-13-8-7-12(11-14(13)17-6-3)15(16)19-10-5-2/h7-8,11H,4-6,9-10H2,1-3H3. The Kier molecular flexibility index (Phi) is 6.79. The molecule has 1 aromatic rings. The maximum atomic E-state index is 11.8. The largest absolute Gasteiger partial charge is 0.490 e. The molecule has 1 rings (SSSR count). The Balaban J connectivity index is 2.84. The Bertz CT molecular complexity index is 401. The molecule has 0 N–H and O–H groups in total. The van der Waals surface area contributed by atoms with Crippen molar-refractivity contribution in [3.63, 3.8) is 0 Å². The molecule has 0 aliphatic carbocycles. The molecular formula is C15H22O4. The van der Waals surface area contributed by atoms with Gasteiger partial charge in [-0.25, -0.2) is 4.79 Å². The molecule has 0 atom stereocenters. The molecule has 0 bridgehead atoms. The Labute approximate surface area is 114 Å². The van der Waals surface area contributed by atoms with Crippen molar-refractivity contribution in [1.29, 1.82) is 0 Å². The molecule has 0 saturated carbocycles. The van der Waals surface area contributed by atoms with E-state index in [2.05, 4.69) is 0 Å². The van der Waals surface area contributed by atoms with Crippen molar-refractivity contribution in [3.05, 3.63) is 23.8 Å². The summed E-state index contributed by atoms with van der Waals surface area (Å²) in [4.78, 5) is 11.8. The minimum atomic E-state index is -0.329. The Morgan fingerprint density at radius 3 is 2.37 bits per heavy atom. The molecule has 1 aromatic carbocycles. The van der Waals surface area contributed by atoms with E-state index in [0.29, 0.717) is 36.9 Å². The highest BCUT2D eigenvalue weighted by atomic mass is 16.5. The maximum absolute atomic E-state index is 11.8. The highest BCUT2D eigenvalue weighted by Crippen LogP contribution is 2.29. The van der Waals surface area contributed by atoms with Crippen LogP contribution in [0.5, 0.6) is 11.5 Å². The summed E-state index contributed by atoms with van der Waals surface area (Å²) in [7, 11) is 0. The Morgan fingerprint density at radius 1 is 1.00 bits per heavy atom. The summed E-state index contributed by atoms with van der Waals surface area (Å²) in [5.41, 5.74) is 0.487. The van der Waals surface area contributed by atoms with Crippen LogP contribution in [0.4, 0.5) is 0 Å². The molecule has 0 fully saturated rings. The molecular weight excluding hydrogens is 244 g/mol. The van der Waals surface area contributed by atoms with Crippen LogP contribution >= 0.6 is 0 Å². The zero-order valence-corrected chi connectivity index (χ0v) is 11.9. The van der Waals surface area contributed by atoms with E-state index in [4.69, 9.17) is 14.2 Å². The van der Waals surface area contributed by atoms with E-state index in [0.717, 1.165) is 12.8 Å². The Morgan fingerprint density at radius 2 is 1.74 bits per heavy atom. The van der Waals surface area contributed by atoms with E-state index in [1.54, 1.807) is 18.2 Å². The quantitative estimate of drug-likeness (QED) is 0.676. The minimum absolute atomic E-state index is 0.329. The van der Waals surface area contributed by atoms with Crippen LogP contribution in [0.1, 0.15) is 44.0 Å². The van der Waals surface area contributed by atoms with Crippen LogP contribution < -0.4 is 9.47 Å². The first-order chi connectivity index (χ1) is 9.22. The van der Waals surface area contributed by atoms with Crippen LogP contribution in [-0.4, -0.2) is 25.8 Å². The lowest BCUT2D eigenvalue weighted by Crippen LogP contribution is -2.07. The van der Waals surface area contributed by atoms with Crippen molar-refractivity contribution in [1.82, 2.24) is 0 Å². The fourth-order valence-electron chi connectivity index (χ4n) is 1.51. The average Bonchev–Trinajstić information content (AvgIpc) is 2.43. The minimum Gasteiger partial charge on any atom is -0.490 e. The van der Waals surface area contributed by atoms with Crippen LogP contribution in [0.25, 0.3) is 0 Å². The number of benzene rings is 1. The summed E-state index contributed by atoms with van der Waals surface area (Å²) >= 11 is 0. The van der Waals surface area contributed by atoms with E-state index in [1.807, 2.05) is 20.8 Å². The summed E-state index contributed by atoms with van der Waals surface area (Å²) in [6, 6.07) is 5.13. The molecule has 106 valence electrons. The third-order valence-electron chi connectivity index (χ3n) is 2.38. The van der Waals surface area contributed by atoms with Gasteiger partial charge in [-0.3, -0.25) is 0 Å². The molecule has 19 heavy (non-hydrogen) atoms. The predicted octanol–water partition coefficient (Wildman–Crippen LogP) is 3.44. The van der Waals surface area contributed by atoms with E-state index < -0.39 is 0 Å². The zero-order chi connectivity index (χ0) is 14.1. The fraction of sp³-hybridized carbons (Fsp3) is 0.533. The second kappa shape index (κ2) is 8.40. The molecule has 0 heterocycles. The maximum Gasteiger partial charge on any atom is 0.338 e. The first-order valence-electron chi connectivity index (χ1n) is 6.79. The number of carbonyl (C=O) groups excluding carboxylic acids is 1. The third-order valence-corrected chi connectivity index (χ3v) is 2.38. The van der Waals surface area contributed by atoms with Crippen molar-refractivity contribution < 1.29 is 19.0 Å². The Hall–Kier alpha value is -1.71. The van der Waals surface area contributed by atoms with Crippen LogP contribution in [0.2, 0.25) is 0 Å². The lowest BCUT2D eigenvalue weighted by molar-refractivity contribution is 0.0504. The molecule has 0 aliphatic rings. The van der Waals surface area contributed by atoms with Crippen molar-refractivity contribution >= 4 is 5.97 Å². The van der Waals surface area contributed by atoms with Crippen molar-refractivity contribution in [2.24, 2.45) is 0 Å².